The van der Waals surface area contributed by atoms with E-state index >= 15 is 0 Å². The van der Waals surface area contributed by atoms with Crippen LogP contribution >= 0.6 is 0 Å². The van der Waals surface area contributed by atoms with Crippen LogP contribution in [0.15, 0.2) is 54.9 Å². The number of carboxylic acids is 1. The van der Waals surface area contributed by atoms with Gasteiger partial charge in [0.15, 0.2) is 0 Å². The third-order valence-corrected chi connectivity index (χ3v) is 4.97. The molecule has 3 aromatic rings. The number of rotatable bonds is 3. The zero-order chi connectivity index (χ0) is 24.0. The standard InChI is InChI=1S/C20H21N5O.C2HF3O2/c1-24-10-12-25(13-11-24)16-7-9-21-18(14-16)20(26)23-17-6-2-4-15-5-3-8-22-19(15)17;3-2(4,5)1(6)7/h2-9,14H,10-13H2,1H3,(H,23,26);(H,6,7). The predicted molar refractivity (Wildman–Crippen MR) is 117 cm³/mol. The number of benzene rings is 1. The van der Waals surface area contributed by atoms with Crippen molar-refractivity contribution in [2.75, 3.05) is 43.4 Å². The summed E-state index contributed by atoms with van der Waals surface area (Å²) >= 11 is 0. The number of amides is 1. The molecule has 8 nitrogen and oxygen atoms in total. The first-order valence-electron chi connectivity index (χ1n) is 10.00. The number of hydrogen-bond donors (Lipinski definition) is 2. The molecular weight excluding hydrogens is 439 g/mol. The van der Waals surface area contributed by atoms with Crippen LogP contribution in [0, 0.1) is 0 Å². The Morgan fingerprint density at radius 2 is 1.67 bits per heavy atom. The lowest BCUT2D eigenvalue weighted by atomic mass is 10.2. The summed E-state index contributed by atoms with van der Waals surface area (Å²) in [4.78, 5) is 34.8. The Morgan fingerprint density at radius 3 is 2.33 bits per heavy atom. The van der Waals surface area contributed by atoms with E-state index in [1.165, 1.54) is 0 Å². The quantitative estimate of drug-likeness (QED) is 0.618. The fraction of sp³-hybridized carbons (Fsp3) is 0.273. The number of anilines is 2. The number of likely N-dealkylation sites (N-methyl/N-ethyl adjacent to an activating group) is 1. The Kier molecular flexibility index (Phi) is 7.44. The Bertz CT molecular complexity index is 1130. The molecule has 2 N–H and O–H groups in total. The van der Waals surface area contributed by atoms with Gasteiger partial charge in [0.25, 0.3) is 5.91 Å². The summed E-state index contributed by atoms with van der Waals surface area (Å²) in [5.74, 6) is -2.98. The summed E-state index contributed by atoms with van der Waals surface area (Å²) in [6.45, 7) is 3.95. The maximum Gasteiger partial charge on any atom is 0.490 e. The topological polar surface area (TPSA) is 98.7 Å². The predicted octanol–water partition coefficient (Wildman–Crippen LogP) is 3.27. The monoisotopic (exact) mass is 461 g/mol. The smallest absolute Gasteiger partial charge is 0.475 e. The molecule has 1 saturated heterocycles. The second kappa shape index (κ2) is 10.3. The van der Waals surface area contributed by atoms with Crippen molar-refractivity contribution in [1.82, 2.24) is 14.9 Å². The molecule has 1 aliphatic rings. The molecule has 174 valence electrons. The Hall–Kier alpha value is -3.73. The molecular formula is C22H22F3N5O3. The maximum atomic E-state index is 12.7. The van der Waals surface area contributed by atoms with Crippen molar-refractivity contribution in [2.24, 2.45) is 0 Å². The van der Waals surface area contributed by atoms with Crippen LogP contribution in [0.5, 0.6) is 0 Å². The summed E-state index contributed by atoms with van der Waals surface area (Å²) in [6.07, 6.45) is -1.66. The van der Waals surface area contributed by atoms with E-state index < -0.39 is 12.1 Å². The van der Waals surface area contributed by atoms with Crippen molar-refractivity contribution in [2.45, 2.75) is 6.18 Å². The van der Waals surface area contributed by atoms with E-state index in [-0.39, 0.29) is 5.91 Å². The molecule has 0 saturated carbocycles. The highest BCUT2D eigenvalue weighted by atomic mass is 19.4. The summed E-state index contributed by atoms with van der Waals surface area (Å²) in [5, 5.41) is 11.1. The van der Waals surface area contributed by atoms with Crippen LogP contribution in [0.1, 0.15) is 10.5 Å². The molecule has 2 aromatic heterocycles. The number of halogens is 3. The second-order valence-corrected chi connectivity index (χ2v) is 7.33. The molecule has 11 heteroatoms. The van der Waals surface area contributed by atoms with Crippen LogP contribution in [0.25, 0.3) is 10.9 Å². The van der Waals surface area contributed by atoms with Crippen LogP contribution in [0.4, 0.5) is 24.5 Å². The summed E-state index contributed by atoms with van der Waals surface area (Å²) in [7, 11) is 2.13. The van der Waals surface area contributed by atoms with Gasteiger partial charge in [-0.05, 0) is 31.3 Å². The van der Waals surface area contributed by atoms with Crippen molar-refractivity contribution in [1.29, 1.82) is 0 Å². The molecule has 4 rings (SSSR count). The molecule has 0 bridgehead atoms. The molecule has 1 amide bonds. The molecule has 33 heavy (non-hydrogen) atoms. The number of aliphatic carboxylic acids is 1. The number of carboxylic acid groups (broad SMARTS) is 1. The van der Waals surface area contributed by atoms with Gasteiger partial charge in [0.05, 0.1) is 11.2 Å². The van der Waals surface area contributed by atoms with Crippen LogP contribution in [0.3, 0.4) is 0 Å². The van der Waals surface area contributed by atoms with Gasteiger partial charge in [-0.25, -0.2) is 4.79 Å². The first-order chi connectivity index (χ1) is 15.6. The number of para-hydroxylation sites is 1. The van der Waals surface area contributed by atoms with Crippen molar-refractivity contribution < 1.29 is 27.9 Å². The molecule has 3 heterocycles. The molecule has 1 aliphatic heterocycles. The van der Waals surface area contributed by atoms with E-state index in [4.69, 9.17) is 9.90 Å². The summed E-state index contributed by atoms with van der Waals surface area (Å²) < 4.78 is 31.7. The second-order valence-electron chi connectivity index (χ2n) is 7.33. The van der Waals surface area contributed by atoms with E-state index in [9.17, 15) is 18.0 Å². The van der Waals surface area contributed by atoms with E-state index in [0.29, 0.717) is 11.4 Å². The van der Waals surface area contributed by atoms with Crippen LogP contribution < -0.4 is 10.2 Å². The first kappa shape index (κ1) is 23.9. The van der Waals surface area contributed by atoms with Gasteiger partial charge >= 0.3 is 12.1 Å². The minimum atomic E-state index is -5.08. The molecule has 1 fully saturated rings. The largest absolute Gasteiger partial charge is 0.490 e. The molecule has 0 aliphatic carbocycles. The van der Waals surface area contributed by atoms with E-state index in [2.05, 4.69) is 32.1 Å². The number of carbonyl (C=O) groups is 2. The lowest BCUT2D eigenvalue weighted by Crippen LogP contribution is -2.44. The Labute approximate surface area is 187 Å². The van der Waals surface area contributed by atoms with Crippen LogP contribution in [-0.2, 0) is 4.79 Å². The molecule has 0 unspecified atom stereocenters. The first-order valence-corrected chi connectivity index (χ1v) is 10.00. The molecule has 0 radical (unpaired) electrons. The lowest BCUT2D eigenvalue weighted by Gasteiger charge is -2.34. The van der Waals surface area contributed by atoms with Gasteiger partial charge in [-0.15, -0.1) is 0 Å². The van der Waals surface area contributed by atoms with Gasteiger partial charge < -0.3 is 20.2 Å². The summed E-state index contributed by atoms with van der Waals surface area (Å²) in [5.41, 5.74) is 2.92. The molecule has 1 aromatic carbocycles. The van der Waals surface area contributed by atoms with E-state index in [1.54, 1.807) is 12.4 Å². The van der Waals surface area contributed by atoms with Crippen LogP contribution in [-0.4, -0.2) is 71.3 Å². The van der Waals surface area contributed by atoms with Crippen molar-refractivity contribution >= 4 is 34.2 Å². The summed E-state index contributed by atoms with van der Waals surface area (Å²) in [6, 6.07) is 13.4. The van der Waals surface area contributed by atoms with Crippen molar-refractivity contribution in [3.63, 3.8) is 0 Å². The highest BCUT2D eigenvalue weighted by Crippen LogP contribution is 2.22. The average molecular weight is 461 g/mol. The highest BCUT2D eigenvalue weighted by molar-refractivity contribution is 6.07. The fourth-order valence-corrected chi connectivity index (χ4v) is 3.20. The minimum Gasteiger partial charge on any atom is -0.475 e. The third kappa shape index (κ3) is 6.39. The van der Waals surface area contributed by atoms with Crippen LogP contribution in [0.2, 0.25) is 0 Å². The number of nitrogens with zero attached hydrogens (tertiary/aromatic N) is 4. The van der Waals surface area contributed by atoms with Gasteiger partial charge in [-0.1, -0.05) is 18.2 Å². The normalized spacial score (nSPS) is 14.4. The number of carbonyl (C=O) groups excluding carboxylic acids is 1. The highest BCUT2D eigenvalue weighted by Gasteiger charge is 2.38. The number of aromatic nitrogens is 2. The Balaban J connectivity index is 0.000000383. The minimum absolute atomic E-state index is 0.223. The number of alkyl halides is 3. The van der Waals surface area contributed by atoms with Crippen molar-refractivity contribution in [3.05, 3.63) is 60.6 Å². The number of piperazine rings is 1. The SMILES string of the molecule is CN1CCN(c2ccnc(C(=O)Nc3cccc4cccnc34)c2)CC1.O=C(O)C(F)(F)F. The Morgan fingerprint density at radius 1 is 1.00 bits per heavy atom. The van der Waals surface area contributed by atoms with Gasteiger partial charge in [0.1, 0.15) is 5.69 Å². The number of hydrogen-bond acceptors (Lipinski definition) is 6. The average Bonchev–Trinajstić information content (AvgIpc) is 2.80. The molecule has 0 spiro atoms. The lowest BCUT2D eigenvalue weighted by molar-refractivity contribution is -0.192. The zero-order valence-electron chi connectivity index (χ0n) is 17.7. The maximum absolute atomic E-state index is 12.7. The van der Waals surface area contributed by atoms with E-state index in [1.807, 2.05) is 42.5 Å². The number of nitrogens with one attached hydrogen (secondary N) is 1. The number of pyridine rings is 2. The van der Waals surface area contributed by atoms with Gasteiger partial charge in [-0.2, -0.15) is 13.2 Å². The number of fused-ring (bicyclic) bond motifs is 1. The van der Waals surface area contributed by atoms with Gasteiger partial charge in [-0.3, -0.25) is 14.8 Å². The molecule has 0 atom stereocenters. The van der Waals surface area contributed by atoms with Gasteiger partial charge in [0.2, 0.25) is 0 Å². The third-order valence-electron chi connectivity index (χ3n) is 4.97. The van der Waals surface area contributed by atoms with Crippen molar-refractivity contribution in [3.8, 4) is 0 Å². The van der Waals surface area contributed by atoms with E-state index in [0.717, 1.165) is 42.8 Å². The fourth-order valence-electron chi connectivity index (χ4n) is 3.20. The van der Waals surface area contributed by atoms with Gasteiger partial charge in [0, 0.05) is 49.6 Å². The zero-order valence-corrected chi connectivity index (χ0v) is 17.7.